The van der Waals surface area contributed by atoms with Gasteiger partial charge in [-0.2, -0.15) is 4.98 Å². The summed E-state index contributed by atoms with van der Waals surface area (Å²) in [6.07, 6.45) is 1.54. The van der Waals surface area contributed by atoms with Crippen LogP contribution in [-0.4, -0.2) is 17.0 Å². The number of hydrogen-bond acceptors (Lipinski definition) is 4. The Morgan fingerprint density at radius 2 is 1.90 bits per heavy atom. The van der Waals surface area contributed by atoms with Gasteiger partial charge in [0.05, 0.1) is 12.2 Å². The lowest BCUT2D eigenvalue weighted by Gasteiger charge is -2.17. The van der Waals surface area contributed by atoms with Crippen molar-refractivity contribution in [1.29, 1.82) is 0 Å². The Hall–Kier alpha value is -1.23. The largest absolute Gasteiger partial charge is 0.362 e. The highest BCUT2D eigenvalue weighted by molar-refractivity contribution is 6.35. The molecule has 1 heterocycles. The van der Waals surface area contributed by atoms with Crippen LogP contribution in [0.3, 0.4) is 0 Å². The third-order valence-corrected chi connectivity index (χ3v) is 3.59. The zero-order chi connectivity index (χ0) is 14.7. The van der Waals surface area contributed by atoms with Crippen molar-refractivity contribution in [2.45, 2.75) is 13.0 Å². The maximum atomic E-state index is 6.19. The Bertz CT molecular complexity index is 619. The molecule has 0 amide bonds. The van der Waals surface area contributed by atoms with Gasteiger partial charge in [0.15, 0.2) is 5.82 Å². The normalized spacial score (nSPS) is 12.1. The minimum absolute atomic E-state index is 0.0723. The number of rotatable bonds is 4. The Morgan fingerprint density at radius 3 is 2.55 bits per heavy atom. The van der Waals surface area contributed by atoms with Gasteiger partial charge in [-0.3, -0.25) is 0 Å². The molecule has 2 N–H and O–H groups in total. The van der Waals surface area contributed by atoms with Crippen molar-refractivity contribution in [3.8, 4) is 0 Å². The van der Waals surface area contributed by atoms with Crippen LogP contribution in [0.25, 0.3) is 0 Å². The minimum atomic E-state index is -0.0723. The maximum Gasteiger partial charge on any atom is 0.224 e. The average Bonchev–Trinajstić information content (AvgIpc) is 2.41. The third-order valence-electron chi connectivity index (χ3n) is 2.75. The fraction of sp³-hybridized carbons (Fsp3) is 0.231. The van der Waals surface area contributed by atoms with E-state index in [0.29, 0.717) is 26.8 Å². The average molecular weight is 332 g/mol. The predicted octanol–water partition coefficient (Wildman–Crippen LogP) is 4.65. The van der Waals surface area contributed by atoms with E-state index in [1.807, 2.05) is 13.0 Å². The fourth-order valence-corrected chi connectivity index (χ4v) is 2.44. The van der Waals surface area contributed by atoms with Crippen LogP contribution < -0.4 is 10.6 Å². The van der Waals surface area contributed by atoms with E-state index in [9.17, 15) is 0 Å². The van der Waals surface area contributed by atoms with Crippen LogP contribution in [0.1, 0.15) is 18.5 Å². The molecule has 2 rings (SSSR count). The number of benzene rings is 1. The zero-order valence-corrected chi connectivity index (χ0v) is 13.2. The molecule has 0 aliphatic rings. The van der Waals surface area contributed by atoms with E-state index in [2.05, 4.69) is 20.6 Å². The molecule has 0 fully saturated rings. The molecule has 4 nitrogen and oxygen atoms in total. The summed E-state index contributed by atoms with van der Waals surface area (Å²) < 4.78 is 0. The van der Waals surface area contributed by atoms with Crippen molar-refractivity contribution in [3.63, 3.8) is 0 Å². The molecular formula is C13H13Cl3N4. The monoisotopic (exact) mass is 330 g/mol. The van der Waals surface area contributed by atoms with Gasteiger partial charge in [-0.05, 0) is 24.6 Å². The summed E-state index contributed by atoms with van der Waals surface area (Å²) in [5.74, 6) is 1.04. The molecule has 106 valence electrons. The smallest absolute Gasteiger partial charge is 0.224 e. The van der Waals surface area contributed by atoms with Crippen LogP contribution in [0.5, 0.6) is 0 Å². The molecule has 2 aromatic rings. The van der Waals surface area contributed by atoms with Crippen molar-refractivity contribution in [2.24, 2.45) is 0 Å². The predicted molar refractivity (Wildman–Crippen MR) is 85.1 cm³/mol. The lowest BCUT2D eigenvalue weighted by molar-refractivity contribution is 0.873. The van der Waals surface area contributed by atoms with Gasteiger partial charge in [-0.15, -0.1) is 0 Å². The topological polar surface area (TPSA) is 49.8 Å². The van der Waals surface area contributed by atoms with Crippen LogP contribution in [0.4, 0.5) is 11.8 Å². The van der Waals surface area contributed by atoms with Gasteiger partial charge < -0.3 is 10.6 Å². The van der Waals surface area contributed by atoms with Crippen LogP contribution in [-0.2, 0) is 0 Å². The second-order valence-corrected chi connectivity index (χ2v) is 5.42. The van der Waals surface area contributed by atoms with Crippen molar-refractivity contribution in [1.82, 2.24) is 9.97 Å². The molecule has 1 aromatic heterocycles. The molecule has 1 atom stereocenters. The van der Waals surface area contributed by atoms with Gasteiger partial charge in [-0.25, -0.2) is 4.98 Å². The van der Waals surface area contributed by atoms with E-state index in [-0.39, 0.29) is 6.04 Å². The number of hydrogen-bond donors (Lipinski definition) is 2. The lowest BCUT2D eigenvalue weighted by atomic mass is 10.1. The zero-order valence-electron chi connectivity index (χ0n) is 10.9. The van der Waals surface area contributed by atoms with Crippen molar-refractivity contribution in [3.05, 3.63) is 45.0 Å². The molecule has 7 heteroatoms. The van der Waals surface area contributed by atoms with Gasteiger partial charge in [0.2, 0.25) is 5.95 Å². The first-order valence-corrected chi connectivity index (χ1v) is 7.06. The molecule has 1 unspecified atom stereocenters. The van der Waals surface area contributed by atoms with E-state index in [4.69, 9.17) is 34.8 Å². The molecule has 1 aromatic carbocycles. The van der Waals surface area contributed by atoms with Gasteiger partial charge >= 0.3 is 0 Å². The number of aromatic nitrogens is 2. The SMILES string of the molecule is CNc1ncc(Cl)c(NC(C)c2ccc(Cl)cc2Cl)n1. The van der Waals surface area contributed by atoms with Crippen molar-refractivity contribution < 1.29 is 0 Å². The molecule has 0 aliphatic heterocycles. The van der Waals surface area contributed by atoms with E-state index < -0.39 is 0 Å². The summed E-state index contributed by atoms with van der Waals surface area (Å²) in [5, 5.41) is 7.71. The highest BCUT2D eigenvalue weighted by Gasteiger charge is 2.13. The Balaban J connectivity index is 2.25. The van der Waals surface area contributed by atoms with Crippen LogP contribution >= 0.6 is 34.8 Å². The highest BCUT2D eigenvalue weighted by Crippen LogP contribution is 2.30. The third kappa shape index (κ3) is 3.45. The maximum absolute atomic E-state index is 6.19. The van der Waals surface area contributed by atoms with E-state index in [1.165, 1.54) is 0 Å². The number of nitrogens with zero attached hydrogens (tertiary/aromatic N) is 2. The Labute approximate surface area is 132 Å². The summed E-state index contributed by atoms with van der Waals surface area (Å²) in [6, 6.07) is 5.30. The molecule has 20 heavy (non-hydrogen) atoms. The molecule has 0 saturated heterocycles. The molecular weight excluding hydrogens is 319 g/mol. The van der Waals surface area contributed by atoms with Crippen LogP contribution in [0.15, 0.2) is 24.4 Å². The molecule has 0 bridgehead atoms. The number of nitrogens with one attached hydrogen (secondary N) is 2. The van der Waals surface area contributed by atoms with Gasteiger partial charge in [0, 0.05) is 17.1 Å². The van der Waals surface area contributed by atoms with Crippen LogP contribution in [0.2, 0.25) is 15.1 Å². The summed E-state index contributed by atoms with van der Waals surface area (Å²) in [6.45, 7) is 1.96. The van der Waals surface area contributed by atoms with Crippen molar-refractivity contribution >= 4 is 46.6 Å². The molecule has 0 aliphatic carbocycles. The first-order valence-electron chi connectivity index (χ1n) is 5.93. The Kier molecular flexibility index (Phi) is 4.91. The number of halogens is 3. The fourth-order valence-electron chi connectivity index (χ4n) is 1.72. The summed E-state index contributed by atoms with van der Waals surface area (Å²) in [7, 11) is 1.74. The molecule has 0 radical (unpaired) electrons. The highest BCUT2D eigenvalue weighted by atomic mass is 35.5. The van der Waals surface area contributed by atoms with Gasteiger partial charge in [0.25, 0.3) is 0 Å². The minimum Gasteiger partial charge on any atom is -0.362 e. The summed E-state index contributed by atoms with van der Waals surface area (Å²) >= 11 is 18.2. The first kappa shape index (κ1) is 15.2. The van der Waals surface area contributed by atoms with Crippen molar-refractivity contribution in [2.75, 3.05) is 17.7 Å². The second kappa shape index (κ2) is 6.48. The van der Waals surface area contributed by atoms with Gasteiger partial charge in [0.1, 0.15) is 5.02 Å². The Morgan fingerprint density at radius 1 is 1.15 bits per heavy atom. The van der Waals surface area contributed by atoms with Gasteiger partial charge in [-0.1, -0.05) is 40.9 Å². The second-order valence-electron chi connectivity index (χ2n) is 4.17. The lowest BCUT2D eigenvalue weighted by Crippen LogP contribution is -2.10. The summed E-state index contributed by atoms with van der Waals surface area (Å²) in [5.41, 5.74) is 0.914. The summed E-state index contributed by atoms with van der Waals surface area (Å²) in [4.78, 5) is 8.30. The standard InChI is InChI=1S/C13H13Cl3N4/c1-7(9-4-3-8(14)5-10(9)15)19-12-11(16)6-18-13(17-2)20-12/h3-7H,1-2H3,(H2,17,18,19,20). The quantitative estimate of drug-likeness (QED) is 0.856. The molecule has 0 saturated carbocycles. The van der Waals surface area contributed by atoms with E-state index in [0.717, 1.165) is 5.56 Å². The first-order chi connectivity index (χ1) is 9.51. The van der Waals surface area contributed by atoms with E-state index in [1.54, 1.807) is 25.4 Å². The van der Waals surface area contributed by atoms with E-state index >= 15 is 0 Å². The molecule has 0 spiro atoms. The number of anilines is 2. The van der Waals surface area contributed by atoms with Crippen LogP contribution in [0, 0.1) is 0 Å².